The highest BCUT2D eigenvalue weighted by Gasteiger charge is 2.26. The second kappa shape index (κ2) is 6.66. The van der Waals surface area contributed by atoms with Gasteiger partial charge in [0.05, 0.1) is 10.0 Å². The maximum absolute atomic E-state index is 11.9. The Morgan fingerprint density at radius 3 is 2.65 bits per heavy atom. The molecule has 0 aromatic heterocycles. The molecule has 0 saturated carbocycles. The van der Waals surface area contributed by atoms with Crippen molar-refractivity contribution < 1.29 is 4.79 Å². The fourth-order valence-electron chi connectivity index (χ4n) is 2.25. The van der Waals surface area contributed by atoms with Crippen LogP contribution in [-0.4, -0.2) is 25.7 Å². The zero-order chi connectivity index (χ0) is 14.6. The largest absolute Gasteiger partial charge is 0.337 e. The van der Waals surface area contributed by atoms with Gasteiger partial charge in [0.2, 0.25) is 0 Å². The number of halogens is 2. The quantitative estimate of drug-likeness (QED) is 0.799. The van der Waals surface area contributed by atoms with E-state index in [2.05, 4.69) is 22.9 Å². The molecule has 4 nitrogen and oxygen atoms in total. The summed E-state index contributed by atoms with van der Waals surface area (Å²) in [5, 5.41) is 9.90. The van der Waals surface area contributed by atoms with E-state index in [4.69, 9.17) is 23.2 Å². The molecule has 0 radical (unpaired) electrons. The minimum Gasteiger partial charge on any atom is -0.337 e. The lowest BCUT2D eigenvalue weighted by Crippen LogP contribution is -2.43. The molecule has 1 aliphatic heterocycles. The van der Waals surface area contributed by atoms with Crippen LogP contribution >= 0.6 is 23.2 Å². The SMILES string of the molecule is CC1(CNC(=O)Nc2ccc(Cl)c(Cl)c2)CCNCC1. The fraction of sp³-hybridized carbons (Fsp3) is 0.500. The lowest BCUT2D eigenvalue weighted by atomic mass is 9.81. The first kappa shape index (κ1) is 15.4. The van der Waals surface area contributed by atoms with Crippen molar-refractivity contribution in [2.45, 2.75) is 19.8 Å². The van der Waals surface area contributed by atoms with Crippen molar-refractivity contribution in [3.8, 4) is 0 Å². The fourth-order valence-corrected chi connectivity index (χ4v) is 2.55. The van der Waals surface area contributed by atoms with E-state index in [0.717, 1.165) is 25.9 Å². The summed E-state index contributed by atoms with van der Waals surface area (Å²) < 4.78 is 0. The maximum Gasteiger partial charge on any atom is 0.319 e. The molecular weight excluding hydrogens is 297 g/mol. The van der Waals surface area contributed by atoms with Crippen LogP contribution in [0.1, 0.15) is 19.8 Å². The third-order valence-corrected chi connectivity index (χ3v) is 4.40. The van der Waals surface area contributed by atoms with Crippen LogP contribution in [0.5, 0.6) is 0 Å². The van der Waals surface area contributed by atoms with E-state index in [-0.39, 0.29) is 11.4 Å². The Labute approximate surface area is 129 Å². The summed E-state index contributed by atoms with van der Waals surface area (Å²) in [4.78, 5) is 11.9. The zero-order valence-corrected chi connectivity index (χ0v) is 12.9. The summed E-state index contributed by atoms with van der Waals surface area (Å²) in [6, 6.07) is 4.80. The topological polar surface area (TPSA) is 53.2 Å². The average molecular weight is 316 g/mol. The number of hydrogen-bond donors (Lipinski definition) is 3. The number of nitrogens with one attached hydrogen (secondary N) is 3. The summed E-state index contributed by atoms with van der Waals surface area (Å²) in [6.07, 6.45) is 2.14. The number of urea groups is 1. The van der Waals surface area contributed by atoms with E-state index in [1.165, 1.54) is 0 Å². The van der Waals surface area contributed by atoms with Gasteiger partial charge >= 0.3 is 6.03 Å². The van der Waals surface area contributed by atoms with Crippen molar-refractivity contribution in [2.75, 3.05) is 25.0 Å². The third-order valence-electron chi connectivity index (χ3n) is 3.66. The summed E-state index contributed by atoms with van der Waals surface area (Å²) >= 11 is 11.7. The maximum atomic E-state index is 11.9. The molecule has 6 heteroatoms. The molecule has 0 spiro atoms. The molecule has 2 amide bonds. The summed E-state index contributed by atoms with van der Waals surface area (Å²) in [5.41, 5.74) is 0.799. The van der Waals surface area contributed by atoms with Crippen molar-refractivity contribution in [1.82, 2.24) is 10.6 Å². The van der Waals surface area contributed by atoms with E-state index < -0.39 is 0 Å². The number of piperidine rings is 1. The average Bonchev–Trinajstić information content (AvgIpc) is 2.42. The number of amides is 2. The molecule has 0 atom stereocenters. The van der Waals surface area contributed by atoms with Gasteiger partial charge in [0.15, 0.2) is 0 Å². The number of carbonyl (C=O) groups excluding carboxylic acids is 1. The van der Waals surface area contributed by atoms with Gasteiger partial charge in [-0.3, -0.25) is 0 Å². The molecule has 1 aliphatic rings. The van der Waals surface area contributed by atoms with Crippen LogP contribution in [0.2, 0.25) is 10.0 Å². The van der Waals surface area contributed by atoms with Gasteiger partial charge in [-0.2, -0.15) is 0 Å². The molecule has 1 saturated heterocycles. The number of benzene rings is 1. The van der Waals surface area contributed by atoms with Crippen molar-refractivity contribution in [1.29, 1.82) is 0 Å². The van der Waals surface area contributed by atoms with Crippen LogP contribution in [0.4, 0.5) is 10.5 Å². The molecule has 0 aliphatic carbocycles. The van der Waals surface area contributed by atoms with Crippen LogP contribution in [0, 0.1) is 5.41 Å². The van der Waals surface area contributed by atoms with Gasteiger partial charge in [0, 0.05) is 12.2 Å². The smallest absolute Gasteiger partial charge is 0.319 e. The van der Waals surface area contributed by atoms with Crippen molar-refractivity contribution in [3.63, 3.8) is 0 Å². The van der Waals surface area contributed by atoms with Crippen LogP contribution in [-0.2, 0) is 0 Å². The molecule has 1 aromatic rings. The number of hydrogen-bond acceptors (Lipinski definition) is 2. The predicted octanol–water partition coefficient (Wildman–Crippen LogP) is 3.50. The molecule has 1 aromatic carbocycles. The van der Waals surface area contributed by atoms with Gasteiger partial charge in [-0.25, -0.2) is 4.79 Å². The van der Waals surface area contributed by atoms with E-state index in [1.807, 2.05) is 0 Å². The van der Waals surface area contributed by atoms with Gasteiger partial charge in [-0.1, -0.05) is 30.1 Å². The highest BCUT2D eigenvalue weighted by molar-refractivity contribution is 6.42. The van der Waals surface area contributed by atoms with Gasteiger partial charge in [0.1, 0.15) is 0 Å². The third kappa shape index (κ3) is 4.27. The van der Waals surface area contributed by atoms with Gasteiger partial charge in [-0.05, 0) is 49.5 Å². The first-order valence-corrected chi connectivity index (χ1v) is 7.45. The minimum atomic E-state index is -0.219. The lowest BCUT2D eigenvalue weighted by molar-refractivity contribution is 0.213. The molecule has 0 unspecified atom stereocenters. The van der Waals surface area contributed by atoms with Crippen LogP contribution < -0.4 is 16.0 Å². The molecule has 0 bridgehead atoms. The van der Waals surface area contributed by atoms with E-state index in [0.29, 0.717) is 22.3 Å². The molecule has 110 valence electrons. The number of anilines is 1. The second-order valence-electron chi connectivity index (χ2n) is 5.50. The standard InChI is InChI=1S/C14H19Cl2N3O/c1-14(4-6-17-7-5-14)9-18-13(20)19-10-2-3-11(15)12(16)8-10/h2-3,8,17H,4-7,9H2,1H3,(H2,18,19,20). The molecule has 20 heavy (non-hydrogen) atoms. The number of rotatable bonds is 3. The predicted molar refractivity (Wildman–Crippen MR) is 83.7 cm³/mol. The Kier molecular flexibility index (Phi) is 5.13. The number of carbonyl (C=O) groups is 1. The lowest BCUT2D eigenvalue weighted by Gasteiger charge is -2.34. The summed E-state index contributed by atoms with van der Waals surface area (Å²) in [6.45, 7) is 4.88. The zero-order valence-electron chi connectivity index (χ0n) is 11.4. The van der Waals surface area contributed by atoms with Gasteiger partial charge in [-0.15, -0.1) is 0 Å². The first-order valence-electron chi connectivity index (χ1n) is 6.69. The second-order valence-corrected chi connectivity index (χ2v) is 6.31. The minimum absolute atomic E-state index is 0.167. The Balaban J connectivity index is 1.84. The van der Waals surface area contributed by atoms with E-state index in [1.54, 1.807) is 18.2 Å². The molecule has 1 heterocycles. The Morgan fingerprint density at radius 1 is 1.30 bits per heavy atom. The Morgan fingerprint density at radius 2 is 2.00 bits per heavy atom. The first-order chi connectivity index (χ1) is 9.48. The summed E-state index contributed by atoms with van der Waals surface area (Å²) in [7, 11) is 0. The van der Waals surface area contributed by atoms with Crippen molar-refractivity contribution >= 4 is 34.9 Å². The van der Waals surface area contributed by atoms with Crippen molar-refractivity contribution in [3.05, 3.63) is 28.2 Å². The summed E-state index contributed by atoms with van der Waals surface area (Å²) in [5.74, 6) is 0. The molecule has 1 fully saturated rings. The van der Waals surface area contributed by atoms with Crippen LogP contribution in [0.3, 0.4) is 0 Å². The van der Waals surface area contributed by atoms with Gasteiger partial charge < -0.3 is 16.0 Å². The Hall–Kier alpha value is -0.970. The highest BCUT2D eigenvalue weighted by Crippen LogP contribution is 2.27. The molecule has 2 rings (SSSR count). The van der Waals surface area contributed by atoms with E-state index >= 15 is 0 Å². The van der Waals surface area contributed by atoms with Crippen molar-refractivity contribution in [2.24, 2.45) is 5.41 Å². The monoisotopic (exact) mass is 315 g/mol. The van der Waals surface area contributed by atoms with E-state index in [9.17, 15) is 4.79 Å². The molecule has 3 N–H and O–H groups in total. The highest BCUT2D eigenvalue weighted by atomic mass is 35.5. The Bertz CT molecular complexity index is 487. The van der Waals surface area contributed by atoms with Crippen LogP contribution in [0.15, 0.2) is 18.2 Å². The molecular formula is C14H19Cl2N3O. The van der Waals surface area contributed by atoms with Gasteiger partial charge in [0.25, 0.3) is 0 Å². The van der Waals surface area contributed by atoms with Crippen LogP contribution in [0.25, 0.3) is 0 Å². The normalized spacial score (nSPS) is 17.6.